The molecule has 0 saturated heterocycles. The molecule has 0 spiro atoms. The Labute approximate surface area is 124 Å². The van der Waals surface area contributed by atoms with Gasteiger partial charge in [0.1, 0.15) is 6.04 Å². The summed E-state index contributed by atoms with van der Waals surface area (Å²) >= 11 is 3.24. The maximum atomic E-state index is 12.0. The second-order valence-corrected chi connectivity index (χ2v) is 4.86. The molecule has 0 aliphatic rings. The maximum Gasteiger partial charge on any atom is 0.308 e. The van der Waals surface area contributed by atoms with E-state index in [0.717, 1.165) is 4.47 Å². The lowest BCUT2D eigenvalue weighted by atomic mass is 10.1. The summed E-state index contributed by atoms with van der Waals surface area (Å²) in [6.45, 7) is 1.85. The van der Waals surface area contributed by atoms with Crippen LogP contribution in [0.25, 0.3) is 0 Å². The number of amides is 2. The number of esters is 1. The normalized spacial score (nSPS) is 11.5. The van der Waals surface area contributed by atoms with E-state index in [4.69, 9.17) is 10.5 Å². The summed E-state index contributed by atoms with van der Waals surface area (Å²) in [6, 6.07) is 5.53. The molecule has 0 heterocycles. The molecule has 3 N–H and O–H groups in total. The van der Waals surface area contributed by atoms with Gasteiger partial charge in [-0.05, 0) is 25.1 Å². The summed E-state index contributed by atoms with van der Waals surface area (Å²) in [7, 11) is 0. The topological polar surface area (TPSA) is 98.5 Å². The minimum absolute atomic E-state index is 0.198. The van der Waals surface area contributed by atoms with Crippen molar-refractivity contribution in [3.8, 4) is 0 Å². The van der Waals surface area contributed by atoms with Gasteiger partial charge in [0.25, 0.3) is 5.91 Å². The quantitative estimate of drug-likeness (QED) is 0.753. The van der Waals surface area contributed by atoms with Crippen molar-refractivity contribution < 1.29 is 19.1 Å². The van der Waals surface area contributed by atoms with Gasteiger partial charge >= 0.3 is 5.97 Å². The molecule has 1 aromatic carbocycles. The number of rotatable bonds is 6. The molecule has 0 fully saturated rings. The molecule has 0 unspecified atom stereocenters. The van der Waals surface area contributed by atoms with Gasteiger partial charge in [-0.3, -0.25) is 14.4 Å². The number of ether oxygens (including phenoxy) is 1. The monoisotopic (exact) mass is 342 g/mol. The highest BCUT2D eigenvalue weighted by Crippen LogP contribution is 2.11. The molecule has 0 aromatic heterocycles. The number of nitrogens with two attached hydrogens (primary N) is 1. The van der Waals surface area contributed by atoms with Crippen molar-refractivity contribution in [2.45, 2.75) is 19.4 Å². The molecule has 20 heavy (non-hydrogen) atoms. The van der Waals surface area contributed by atoms with Crippen LogP contribution in [0.3, 0.4) is 0 Å². The largest absolute Gasteiger partial charge is 0.466 e. The van der Waals surface area contributed by atoms with Crippen molar-refractivity contribution in [1.29, 1.82) is 0 Å². The van der Waals surface area contributed by atoms with E-state index in [1.807, 2.05) is 0 Å². The first kappa shape index (κ1) is 16.2. The average Bonchev–Trinajstić information content (AvgIpc) is 2.38. The number of halogens is 1. The molecule has 1 atom stereocenters. The lowest BCUT2D eigenvalue weighted by Crippen LogP contribution is -2.45. The first-order valence-electron chi connectivity index (χ1n) is 5.95. The Morgan fingerprint density at radius 2 is 2.10 bits per heavy atom. The third kappa shape index (κ3) is 5.00. The Hall–Kier alpha value is -1.89. The van der Waals surface area contributed by atoms with Gasteiger partial charge < -0.3 is 15.8 Å². The Morgan fingerprint density at radius 1 is 1.40 bits per heavy atom. The number of carbonyl (C=O) groups is 3. The minimum atomic E-state index is -1.10. The molecule has 0 saturated carbocycles. The lowest BCUT2D eigenvalue weighted by Gasteiger charge is -2.14. The SMILES string of the molecule is CCOC(=O)C[C@@H](NC(=O)c1cccc(Br)c1)C(N)=O. The van der Waals surface area contributed by atoms with Gasteiger partial charge in [0.2, 0.25) is 5.91 Å². The van der Waals surface area contributed by atoms with Gasteiger partial charge in [0.15, 0.2) is 0 Å². The molecule has 0 radical (unpaired) electrons. The van der Waals surface area contributed by atoms with Crippen molar-refractivity contribution >= 4 is 33.7 Å². The summed E-state index contributed by atoms with van der Waals surface area (Å²) in [5, 5.41) is 2.41. The molecule has 6 nitrogen and oxygen atoms in total. The second kappa shape index (κ2) is 7.64. The predicted molar refractivity (Wildman–Crippen MR) is 75.8 cm³/mol. The van der Waals surface area contributed by atoms with E-state index in [0.29, 0.717) is 5.56 Å². The van der Waals surface area contributed by atoms with E-state index in [-0.39, 0.29) is 13.0 Å². The molecule has 0 aliphatic carbocycles. The fourth-order valence-electron chi connectivity index (χ4n) is 1.48. The molecule has 1 aromatic rings. The first-order chi connectivity index (χ1) is 9.43. The van der Waals surface area contributed by atoms with Crippen LogP contribution in [-0.2, 0) is 14.3 Å². The molecular weight excluding hydrogens is 328 g/mol. The molecule has 108 valence electrons. The summed E-state index contributed by atoms with van der Waals surface area (Å²) in [5.41, 5.74) is 5.52. The van der Waals surface area contributed by atoms with E-state index in [1.165, 1.54) is 0 Å². The van der Waals surface area contributed by atoms with Gasteiger partial charge in [-0.1, -0.05) is 22.0 Å². The Kier molecular flexibility index (Phi) is 6.17. The zero-order chi connectivity index (χ0) is 15.1. The van der Waals surface area contributed by atoms with Crippen LogP contribution >= 0.6 is 15.9 Å². The Balaban J connectivity index is 2.73. The van der Waals surface area contributed by atoms with Gasteiger partial charge in [-0.15, -0.1) is 0 Å². The number of carbonyl (C=O) groups excluding carboxylic acids is 3. The molecule has 7 heteroatoms. The fraction of sp³-hybridized carbons (Fsp3) is 0.308. The predicted octanol–water partition coefficient (Wildman–Crippen LogP) is 0.986. The summed E-state index contributed by atoms with van der Waals surface area (Å²) in [5.74, 6) is -1.87. The van der Waals surface area contributed by atoms with E-state index in [1.54, 1.807) is 31.2 Å². The van der Waals surface area contributed by atoms with Crippen molar-refractivity contribution in [3.63, 3.8) is 0 Å². The highest BCUT2D eigenvalue weighted by atomic mass is 79.9. The van der Waals surface area contributed by atoms with Gasteiger partial charge in [-0.2, -0.15) is 0 Å². The van der Waals surface area contributed by atoms with E-state index in [9.17, 15) is 14.4 Å². The van der Waals surface area contributed by atoms with E-state index < -0.39 is 23.8 Å². The minimum Gasteiger partial charge on any atom is -0.466 e. The van der Waals surface area contributed by atoms with Crippen LogP contribution in [0.2, 0.25) is 0 Å². The number of nitrogens with one attached hydrogen (secondary N) is 1. The smallest absolute Gasteiger partial charge is 0.308 e. The Bertz CT molecular complexity index is 519. The zero-order valence-electron chi connectivity index (χ0n) is 10.9. The van der Waals surface area contributed by atoms with E-state index in [2.05, 4.69) is 21.2 Å². The molecule has 1 rings (SSSR count). The van der Waals surface area contributed by atoms with Gasteiger partial charge in [-0.25, -0.2) is 0 Å². The number of primary amides is 1. The van der Waals surface area contributed by atoms with E-state index >= 15 is 0 Å². The summed E-state index contributed by atoms with van der Waals surface area (Å²) in [6.07, 6.45) is -0.289. The molecule has 2 amide bonds. The van der Waals surface area contributed by atoms with Crippen LogP contribution in [0.15, 0.2) is 28.7 Å². The summed E-state index contributed by atoms with van der Waals surface area (Å²) in [4.78, 5) is 34.6. The Morgan fingerprint density at radius 3 is 2.65 bits per heavy atom. The second-order valence-electron chi connectivity index (χ2n) is 3.95. The standard InChI is InChI=1S/C13H15BrN2O4/c1-2-20-11(17)7-10(12(15)18)16-13(19)8-4-3-5-9(14)6-8/h3-6,10H,2,7H2,1H3,(H2,15,18)(H,16,19)/t10-/m1/s1. The lowest BCUT2D eigenvalue weighted by molar-refractivity contribution is -0.145. The average molecular weight is 343 g/mol. The molecular formula is C13H15BrN2O4. The first-order valence-corrected chi connectivity index (χ1v) is 6.74. The van der Waals surface area contributed by atoms with Crippen molar-refractivity contribution in [2.75, 3.05) is 6.61 Å². The highest BCUT2D eigenvalue weighted by Gasteiger charge is 2.22. The number of hydrogen-bond acceptors (Lipinski definition) is 4. The van der Waals surface area contributed by atoms with Crippen LogP contribution in [0.1, 0.15) is 23.7 Å². The highest BCUT2D eigenvalue weighted by molar-refractivity contribution is 9.10. The van der Waals surface area contributed by atoms with Crippen LogP contribution in [0, 0.1) is 0 Å². The van der Waals surface area contributed by atoms with Crippen molar-refractivity contribution in [3.05, 3.63) is 34.3 Å². The van der Waals surface area contributed by atoms with Crippen molar-refractivity contribution in [2.24, 2.45) is 5.73 Å². The van der Waals surface area contributed by atoms with Crippen LogP contribution < -0.4 is 11.1 Å². The van der Waals surface area contributed by atoms with Gasteiger partial charge in [0.05, 0.1) is 13.0 Å². The summed E-state index contributed by atoms with van der Waals surface area (Å²) < 4.78 is 5.45. The van der Waals surface area contributed by atoms with Crippen LogP contribution in [0.5, 0.6) is 0 Å². The number of benzene rings is 1. The van der Waals surface area contributed by atoms with Crippen molar-refractivity contribution in [1.82, 2.24) is 5.32 Å². The van der Waals surface area contributed by atoms with Crippen LogP contribution in [-0.4, -0.2) is 30.4 Å². The number of hydrogen-bond donors (Lipinski definition) is 2. The van der Waals surface area contributed by atoms with Crippen LogP contribution in [0.4, 0.5) is 0 Å². The zero-order valence-corrected chi connectivity index (χ0v) is 12.5. The van der Waals surface area contributed by atoms with Gasteiger partial charge in [0, 0.05) is 10.0 Å². The third-order valence-electron chi connectivity index (χ3n) is 2.41. The third-order valence-corrected chi connectivity index (χ3v) is 2.90. The fourth-order valence-corrected chi connectivity index (χ4v) is 1.88. The maximum absolute atomic E-state index is 12.0. The molecule has 0 aliphatic heterocycles. The molecule has 0 bridgehead atoms.